The summed E-state index contributed by atoms with van der Waals surface area (Å²) in [4.78, 5) is 23.5. The minimum atomic E-state index is 0. The summed E-state index contributed by atoms with van der Waals surface area (Å²) in [6, 6.07) is 1.93. The van der Waals surface area contributed by atoms with Crippen LogP contribution in [0.1, 0.15) is 31.4 Å². The Labute approximate surface area is 160 Å². The Kier molecular flexibility index (Phi) is 6.45. The monoisotopic (exact) mass is 378 g/mol. The van der Waals surface area contributed by atoms with Gasteiger partial charge in [0.15, 0.2) is 0 Å². The maximum atomic E-state index is 12.2. The predicted octanol–water partition coefficient (Wildman–Crippen LogP) is 1.23. The van der Waals surface area contributed by atoms with Crippen molar-refractivity contribution in [3.05, 3.63) is 30.4 Å². The van der Waals surface area contributed by atoms with Crippen molar-refractivity contribution in [2.24, 2.45) is 5.92 Å². The molecular weight excluding hydrogens is 352 g/mol. The van der Waals surface area contributed by atoms with Crippen LogP contribution in [-0.2, 0) is 11.3 Å². The first-order valence-corrected chi connectivity index (χ1v) is 9.30. The highest BCUT2D eigenvalue weighted by Crippen LogP contribution is 2.18. The number of aromatic nitrogens is 3. The number of hydrogen-bond donors (Lipinski definition) is 2. The zero-order chi connectivity index (χ0) is 17.1. The third-order valence-corrected chi connectivity index (χ3v) is 5.22. The van der Waals surface area contributed by atoms with Crippen molar-refractivity contribution < 1.29 is 4.79 Å². The van der Waals surface area contributed by atoms with Gasteiger partial charge in [0.1, 0.15) is 0 Å². The van der Waals surface area contributed by atoms with E-state index in [0.29, 0.717) is 5.92 Å². The van der Waals surface area contributed by atoms with E-state index in [2.05, 4.69) is 31.7 Å². The Hall–Kier alpha value is -1.70. The van der Waals surface area contributed by atoms with Gasteiger partial charge in [-0.1, -0.05) is 0 Å². The molecule has 0 aromatic carbocycles. The highest BCUT2D eigenvalue weighted by Gasteiger charge is 2.25. The van der Waals surface area contributed by atoms with Gasteiger partial charge in [-0.05, 0) is 50.8 Å². The first kappa shape index (κ1) is 19.1. The second kappa shape index (κ2) is 8.79. The normalized spacial score (nSPS) is 23.7. The Bertz CT molecular complexity index is 696. The van der Waals surface area contributed by atoms with E-state index in [1.807, 2.05) is 16.7 Å². The molecule has 4 heterocycles. The summed E-state index contributed by atoms with van der Waals surface area (Å²) in [7, 11) is 0. The van der Waals surface area contributed by atoms with Crippen LogP contribution >= 0.6 is 12.4 Å². The Morgan fingerprint density at radius 1 is 1.35 bits per heavy atom. The van der Waals surface area contributed by atoms with Crippen LogP contribution in [0.4, 0.5) is 0 Å². The number of fused-ring (bicyclic) bond motifs is 1. The van der Waals surface area contributed by atoms with E-state index in [1.54, 1.807) is 6.20 Å². The molecule has 2 aliphatic rings. The first-order valence-electron chi connectivity index (χ1n) is 9.30. The van der Waals surface area contributed by atoms with Crippen molar-refractivity contribution in [3.63, 3.8) is 0 Å². The lowest BCUT2D eigenvalue weighted by molar-refractivity contribution is -0.123. The van der Waals surface area contributed by atoms with Crippen molar-refractivity contribution >= 4 is 24.1 Å². The van der Waals surface area contributed by atoms with Gasteiger partial charge in [0, 0.05) is 38.2 Å². The second-order valence-electron chi connectivity index (χ2n) is 7.20. The lowest BCUT2D eigenvalue weighted by Crippen LogP contribution is -2.45. The Morgan fingerprint density at radius 2 is 2.27 bits per heavy atom. The third-order valence-electron chi connectivity index (χ3n) is 5.22. The smallest absolute Gasteiger partial charge is 0.237 e. The van der Waals surface area contributed by atoms with Crippen LogP contribution in [-0.4, -0.2) is 57.4 Å². The molecule has 0 aliphatic carbocycles. The number of halogens is 1. The number of amides is 1. The number of nitrogens with one attached hydrogen (secondary N) is 2. The summed E-state index contributed by atoms with van der Waals surface area (Å²) in [6.07, 6.45) is 10.2. The van der Waals surface area contributed by atoms with Gasteiger partial charge in [0.05, 0.1) is 11.7 Å². The van der Waals surface area contributed by atoms with Crippen molar-refractivity contribution in [1.29, 1.82) is 0 Å². The molecule has 4 rings (SSSR count). The summed E-state index contributed by atoms with van der Waals surface area (Å²) in [5.74, 6) is 1.44. The number of imidazole rings is 1. The zero-order valence-electron chi connectivity index (χ0n) is 14.9. The third kappa shape index (κ3) is 4.52. The fourth-order valence-electron chi connectivity index (χ4n) is 3.92. The molecule has 0 saturated carbocycles. The lowest BCUT2D eigenvalue weighted by Gasteiger charge is -2.32. The minimum absolute atomic E-state index is 0. The average Bonchev–Trinajstić information content (AvgIpc) is 3.29. The number of piperidine rings is 1. The maximum Gasteiger partial charge on any atom is 0.237 e. The van der Waals surface area contributed by atoms with Crippen LogP contribution in [0.5, 0.6) is 0 Å². The molecule has 1 amide bonds. The van der Waals surface area contributed by atoms with Crippen LogP contribution in [0.2, 0.25) is 0 Å². The van der Waals surface area contributed by atoms with Crippen LogP contribution in [0.3, 0.4) is 0 Å². The molecule has 7 nitrogen and oxygen atoms in total. The van der Waals surface area contributed by atoms with E-state index in [4.69, 9.17) is 0 Å². The molecule has 0 spiro atoms. The number of carbonyl (C=O) groups excluding carboxylic acids is 1. The molecule has 2 unspecified atom stereocenters. The summed E-state index contributed by atoms with van der Waals surface area (Å²) in [6.45, 7) is 4.69. The Balaban J connectivity index is 0.00000196. The van der Waals surface area contributed by atoms with Crippen molar-refractivity contribution in [3.8, 4) is 0 Å². The molecule has 2 saturated heterocycles. The summed E-state index contributed by atoms with van der Waals surface area (Å²) >= 11 is 0. The molecule has 26 heavy (non-hydrogen) atoms. The number of nitrogens with zero attached hydrogens (tertiary/aromatic N) is 4. The van der Waals surface area contributed by atoms with Crippen molar-refractivity contribution in [2.45, 2.75) is 38.3 Å². The summed E-state index contributed by atoms with van der Waals surface area (Å²) in [5, 5.41) is 6.40. The number of likely N-dealkylation sites (tertiary alicyclic amines) is 1. The average molecular weight is 379 g/mol. The lowest BCUT2D eigenvalue weighted by atomic mass is 9.97. The highest BCUT2D eigenvalue weighted by atomic mass is 35.5. The van der Waals surface area contributed by atoms with E-state index in [9.17, 15) is 4.79 Å². The van der Waals surface area contributed by atoms with E-state index >= 15 is 0 Å². The molecule has 142 valence electrons. The quantitative estimate of drug-likeness (QED) is 0.818. The van der Waals surface area contributed by atoms with E-state index in [0.717, 1.165) is 57.0 Å². The first-order chi connectivity index (χ1) is 12.3. The molecule has 2 aromatic heterocycles. The van der Waals surface area contributed by atoms with Gasteiger partial charge >= 0.3 is 0 Å². The topological polar surface area (TPSA) is 74.6 Å². The van der Waals surface area contributed by atoms with Gasteiger partial charge in [-0.15, -0.1) is 12.4 Å². The number of carbonyl (C=O) groups is 1. The molecule has 2 atom stereocenters. The van der Waals surface area contributed by atoms with Crippen molar-refractivity contribution in [2.75, 3.05) is 26.2 Å². The summed E-state index contributed by atoms with van der Waals surface area (Å²) < 4.78 is 1.96. The van der Waals surface area contributed by atoms with Crippen molar-refractivity contribution in [1.82, 2.24) is 29.9 Å². The molecule has 2 aromatic rings. The molecule has 2 fully saturated rings. The van der Waals surface area contributed by atoms with E-state index < -0.39 is 0 Å². The fourth-order valence-corrected chi connectivity index (χ4v) is 3.92. The van der Waals surface area contributed by atoms with E-state index in [1.165, 1.54) is 12.8 Å². The van der Waals surface area contributed by atoms with Crippen LogP contribution in [0.25, 0.3) is 5.78 Å². The Morgan fingerprint density at radius 3 is 3.08 bits per heavy atom. The van der Waals surface area contributed by atoms with Gasteiger partial charge in [0.2, 0.25) is 11.7 Å². The maximum absolute atomic E-state index is 12.2. The predicted molar refractivity (Wildman–Crippen MR) is 102 cm³/mol. The molecule has 0 radical (unpaired) electrons. The van der Waals surface area contributed by atoms with Crippen LogP contribution in [0.15, 0.2) is 24.7 Å². The molecule has 2 aliphatic heterocycles. The molecule has 0 bridgehead atoms. The number of rotatable bonds is 5. The zero-order valence-corrected chi connectivity index (χ0v) is 15.7. The standard InChI is InChI=1S/C18H26N6O.ClH/c25-17(16-5-1-6-19-16)21-10-14-4-2-8-23(11-14)12-15-13-24-9-3-7-20-18(24)22-15;/h3,7,9,13-14,16,19H,1-2,4-6,8,10-12H2,(H,21,25);1H. The molecule has 2 N–H and O–H groups in total. The fraction of sp³-hybridized carbons (Fsp3) is 0.611. The minimum Gasteiger partial charge on any atom is -0.354 e. The second-order valence-corrected chi connectivity index (χ2v) is 7.20. The van der Waals surface area contributed by atoms with Gasteiger partial charge < -0.3 is 10.6 Å². The van der Waals surface area contributed by atoms with Crippen LogP contribution in [0, 0.1) is 5.92 Å². The SMILES string of the molecule is Cl.O=C(NCC1CCCN(Cc2cn3cccnc3n2)C1)C1CCCN1. The number of hydrogen-bond acceptors (Lipinski definition) is 5. The molecule has 8 heteroatoms. The van der Waals surface area contributed by atoms with Gasteiger partial charge in [0.25, 0.3) is 0 Å². The van der Waals surface area contributed by atoms with Gasteiger partial charge in [-0.2, -0.15) is 0 Å². The largest absolute Gasteiger partial charge is 0.354 e. The molecular formula is C18H27ClN6O. The van der Waals surface area contributed by atoms with Gasteiger partial charge in [-0.3, -0.25) is 14.1 Å². The summed E-state index contributed by atoms with van der Waals surface area (Å²) in [5.41, 5.74) is 1.05. The van der Waals surface area contributed by atoms with E-state index in [-0.39, 0.29) is 24.4 Å². The van der Waals surface area contributed by atoms with Gasteiger partial charge in [-0.25, -0.2) is 9.97 Å². The highest BCUT2D eigenvalue weighted by molar-refractivity contribution is 5.85. The van der Waals surface area contributed by atoms with Crippen LogP contribution < -0.4 is 10.6 Å².